The highest BCUT2D eigenvalue weighted by molar-refractivity contribution is 7.14. The molecule has 51 heavy (non-hydrogen) atoms. The summed E-state index contributed by atoms with van der Waals surface area (Å²) in [6.45, 7) is 3.30. The van der Waals surface area contributed by atoms with Crippen molar-refractivity contribution in [2.75, 3.05) is 24.5 Å². The maximum Gasteiger partial charge on any atom is 0.416 e. The van der Waals surface area contributed by atoms with Gasteiger partial charge in [-0.25, -0.2) is 19.6 Å². The second-order valence-electron chi connectivity index (χ2n) is 12.6. The lowest BCUT2D eigenvalue weighted by Gasteiger charge is -2.44. The van der Waals surface area contributed by atoms with E-state index in [4.69, 9.17) is 37.4 Å². The number of aromatic amines is 1. The Labute approximate surface area is 308 Å². The number of pyridine rings is 2. The minimum absolute atomic E-state index is 0.0561. The number of aromatic nitrogens is 2. The normalized spacial score (nSPS) is 18.8. The zero-order chi connectivity index (χ0) is 36.1. The number of hydrogen-bond donors (Lipinski definition) is 0. The topological polar surface area (TPSA) is 105 Å². The van der Waals surface area contributed by atoms with E-state index >= 15 is 0 Å². The van der Waals surface area contributed by atoms with Gasteiger partial charge in [0.1, 0.15) is 32.9 Å². The average Bonchev–Trinajstić information content (AvgIpc) is 3.58. The smallest absolute Gasteiger partial charge is 0.416 e. The van der Waals surface area contributed by atoms with Gasteiger partial charge in [0.15, 0.2) is 23.9 Å². The molecule has 0 unspecified atom stereocenters. The van der Waals surface area contributed by atoms with Gasteiger partial charge in [-0.15, -0.1) is 11.3 Å². The summed E-state index contributed by atoms with van der Waals surface area (Å²) in [5, 5.41) is 0.635. The maximum absolute atomic E-state index is 13.7. The predicted molar refractivity (Wildman–Crippen MR) is 188 cm³/mol. The van der Waals surface area contributed by atoms with Crippen molar-refractivity contribution in [3.63, 3.8) is 0 Å². The Kier molecular flexibility index (Phi) is 11.9. The number of anilines is 1. The van der Waals surface area contributed by atoms with Crippen LogP contribution in [0.1, 0.15) is 58.5 Å². The molecule has 10 nitrogen and oxygen atoms in total. The van der Waals surface area contributed by atoms with E-state index in [-0.39, 0.29) is 41.5 Å². The first-order chi connectivity index (χ1) is 24.5. The lowest BCUT2D eigenvalue weighted by atomic mass is 9.86. The highest BCUT2D eigenvalue weighted by Gasteiger charge is 2.38. The number of nitrogens with zero attached hydrogens (tertiary/aromatic N) is 3. The van der Waals surface area contributed by atoms with Crippen molar-refractivity contribution in [3.05, 3.63) is 98.0 Å². The van der Waals surface area contributed by atoms with E-state index in [0.29, 0.717) is 44.3 Å². The quantitative estimate of drug-likeness (QED) is 0.126. The van der Waals surface area contributed by atoms with E-state index in [2.05, 4.69) is 19.6 Å². The van der Waals surface area contributed by atoms with E-state index in [1.807, 2.05) is 0 Å². The first kappa shape index (κ1) is 36.7. The first-order valence-electron chi connectivity index (χ1n) is 16.5. The predicted octanol–water partition coefficient (Wildman–Crippen LogP) is 8.03. The molecule has 0 spiro atoms. The fraction of sp³-hybridized carbons (Fsp3) is 0.389. The van der Waals surface area contributed by atoms with Crippen molar-refractivity contribution in [3.8, 4) is 11.5 Å². The number of rotatable bonds is 13. The third kappa shape index (κ3) is 9.26. The summed E-state index contributed by atoms with van der Waals surface area (Å²) in [4.78, 5) is 39.4. The summed E-state index contributed by atoms with van der Waals surface area (Å²) < 4.78 is 48.9. The van der Waals surface area contributed by atoms with Crippen molar-refractivity contribution in [2.45, 2.75) is 64.6 Å². The zero-order valence-electron chi connectivity index (χ0n) is 27.9. The molecule has 6 heterocycles. The lowest BCUT2D eigenvalue weighted by Crippen LogP contribution is -2.53. The molecule has 3 fully saturated rings. The fourth-order valence-electron chi connectivity index (χ4n) is 6.25. The van der Waals surface area contributed by atoms with E-state index < -0.39 is 24.8 Å². The summed E-state index contributed by atoms with van der Waals surface area (Å²) in [6.07, 6.45) is 4.75. The van der Waals surface area contributed by atoms with Crippen molar-refractivity contribution < 1.29 is 42.3 Å². The minimum Gasteiger partial charge on any atom is -0.487 e. The van der Waals surface area contributed by atoms with Crippen LogP contribution in [0, 0.1) is 5.92 Å². The van der Waals surface area contributed by atoms with E-state index in [1.165, 1.54) is 34.4 Å². The third-order valence-electron chi connectivity index (χ3n) is 8.73. The number of nitrogens with one attached hydrogen (secondary N) is 1. The molecule has 7 rings (SSSR count). The monoisotopic (exact) mass is 761 g/mol. The number of fused-ring (bicyclic) bond motifs is 3. The summed E-state index contributed by atoms with van der Waals surface area (Å²) in [5.74, 6) is 0.00433. The number of hydrogen-bond acceptors (Lipinski definition) is 9. The van der Waals surface area contributed by atoms with Gasteiger partial charge in [-0.2, -0.15) is 8.78 Å². The van der Waals surface area contributed by atoms with E-state index in [0.717, 1.165) is 25.9 Å². The minimum atomic E-state index is -3.07. The van der Waals surface area contributed by atoms with Crippen molar-refractivity contribution in [1.82, 2.24) is 9.88 Å². The number of amides is 1. The average molecular weight is 763 g/mol. The number of benzene rings is 1. The number of alkyl halides is 2. The Morgan fingerprint density at radius 3 is 2.45 bits per heavy atom. The second-order valence-corrected chi connectivity index (χ2v) is 14.6. The van der Waals surface area contributed by atoms with Crippen LogP contribution in [-0.2, 0) is 22.4 Å². The highest BCUT2D eigenvalue weighted by Crippen LogP contribution is 2.37. The van der Waals surface area contributed by atoms with E-state index in [9.17, 15) is 18.4 Å². The van der Waals surface area contributed by atoms with Crippen LogP contribution in [0.15, 0.2) is 67.1 Å². The van der Waals surface area contributed by atoms with Crippen molar-refractivity contribution in [2.24, 2.45) is 5.92 Å². The fourth-order valence-corrected chi connectivity index (χ4v) is 7.67. The maximum atomic E-state index is 13.7. The first-order valence-corrected chi connectivity index (χ1v) is 18.1. The highest BCUT2D eigenvalue weighted by atomic mass is 35.5. The molecule has 270 valence electrons. The van der Waals surface area contributed by atoms with Gasteiger partial charge >= 0.3 is 18.7 Å². The van der Waals surface area contributed by atoms with Gasteiger partial charge in [-0.1, -0.05) is 35.3 Å². The number of H-pyrrole nitrogens is 1. The number of thiophene rings is 1. The van der Waals surface area contributed by atoms with Crippen LogP contribution in [0.2, 0.25) is 10.0 Å². The van der Waals surface area contributed by atoms with Gasteiger partial charge in [0, 0.05) is 29.6 Å². The Bertz CT molecular complexity index is 1810. The SMILES string of the molecule is CC(C)Oc1cc([C@H](Cc2c(Cl)c[nH+]cc2Cl)OC(=O)c2ccc(CN(C(=O)O[C@H]3CN4CCC3CC4)c3ccccn3)s2)ccc1OC(F)F. The number of halogens is 4. The molecule has 3 aromatic heterocycles. The molecule has 2 atom stereocenters. The molecule has 3 saturated heterocycles. The molecular weight excluding hydrogens is 725 g/mol. The number of carbonyl (C=O) groups excluding carboxylic acids is 2. The van der Waals surface area contributed by atoms with Gasteiger partial charge in [-0.05, 0) is 87.7 Å². The second kappa shape index (κ2) is 16.5. The number of esters is 1. The Morgan fingerprint density at radius 1 is 1.04 bits per heavy atom. The van der Waals surface area contributed by atoms with Crippen LogP contribution in [-0.4, -0.2) is 60.4 Å². The molecule has 0 radical (unpaired) electrons. The van der Waals surface area contributed by atoms with Crippen LogP contribution in [0.4, 0.5) is 19.4 Å². The van der Waals surface area contributed by atoms with Crippen LogP contribution < -0.4 is 19.4 Å². The molecular formula is C36H37Cl2F2N4O6S+. The summed E-state index contributed by atoms with van der Waals surface area (Å²) in [6, 6.07) is 13.0. The molecule has 1 amide bonds. The Balaban J connectivity index is 1.24. The summed E-state index contributed by atoms with van der Waals surface area (Å²) in [7, 11) is 0. The van der Waals surface area contributed by atoms with Gasteiger partial charge in [0.05, 0.1) is 12.6 Å². The van der Waals surface area contributed by atoms with Crippen LogP contribution in [0.25, 0.3) is 0 Å². The lowest BCUT2D eigenvalue weighted by molar-refractivity contribution is -0.377. The molecule has 0 aliphatic carbocycles. The zero-order valence-corrected chi connectivity index (χ0v) is 30.2. The number of ether oxygens (including phenoxy) is 4. The van der Waals surface area contributed by atoms with Gasteiger partial charge in [0.2, 0.25) is 0 Å². The van der Waals surface area contributed by atoms with Crippen LogP contribution >= 0.6 is 34.5 Å². The van der Waals surface area contributed by atoms with Crippen molar-refractivity contribution in [1.29, 1.82) is 0 Å². The Hall–Kier alpha value is -4.04. The molecule has 0 saturated carbocycles. The molecule has 2 bridgehead atoms. The Morgan fingerprint density at radius 2 is 1.80 bits per heavy atom. The molecule has 1 aromatic carbocycles. The van der Waals surface area contributed by atoms with Gasteiger partial charge in [0.25, 0.3) is 0 Å². The number of piperidine rings is 3. The van der Waals surface area contributed by atoms with Crippen LogP contribution in [0.3, 0.4) is 0 Å². The summed E-state index contributed by atoms with van der Waals surface area (Å²) in [5.41, 5.74) is 0.947. The largest absolute Gasteiger partial charge is 0.487 e. The van der Waals surface area contributed by atoms with Crippen LogP contribution in [0.5, 0.6) is 11.5 Å². The molecule has 15 heteroatoms. The molecule has 3 aliphatic rings. The van der Waals surface area contributed by atoms with E-state index in [1.54, 1.807) is 62.8 Å². The third-order valence-corrected chi connectivity index (χ3v) is 10.4. The standard InChI is InChI=1S/C36H36Cl2F2N4O6S/c1-21(2)47-30-15-23(6-8-28(30)49-35(39)40)29(16-25-26(37)17-41-18-27(25)38)48-34(45)32-9-7-24(51-32)19-44(33-5-3-4-12-42-33)36(46)50-31-20-43-13-10-22(31)11-14-43/h3-9,12,15,17-18,21-22,29,31,35H,10-11,13-14,16,19-20H2,1-2H3/p+1/t29-,31-/m0/s1. The number of carbonyl (C=O) groups is 2. The molecule has 3 aliphatic heterocycles. The van der Waals surface area contributed by atoms with Crippen molar-refractivity contribution >= 4 is 52.4 Å². The van der Waals surface area contributed by atoms with Gasteiger partial charge < -0.3 is 18.9 Å². The van der Waals surface area contributed by atoms with Gasteiger partial charge in [-0.3, -0.25) is 9.80 Å². The molecule has 4 aromatic rings. The molecule has 1 N–H and O–H groups in total. The summed E-state index contributed by atoms with van der Waals surface area (Å²) >= 11 is 14.1.